The molecule has 4 heteroatoms. The van der Waals surface area contributed by atoms with E-state index in [1.807, 2.05) is 0 Å². The number of ether oxygens (including phenoxy) is 1. The Morgan fingerprint density at radius 3 is 2.62 bits per heavy atom. The molecule has 0 fully saturated rings. The van der Waals surface area contributed by atoms with Gasteiger partial charge in [0.1, 0.15) is 5.82 Å². The first-order valence-corrected chi connectivity index (χ1v) is 7.98. The Bertz CT molecular complexity index is 434. The number of aryl methyl sites for hydroxylation is 2. The summed E-state index contributed by atoms with van der Waals surface area (Å²) in [5.41, 5.74) is 3.69. The molecule has 4 nitrogen and oxygen atoms in total. The van der Waals surface area contributed by atoms with Crippen molar-refractivity contribution in [3.05, 3.63) is 22.9 Å². The van der Waals surface area contributed by atoms with Crippen molar-refractivity contribution in [3.63, 3.8) is 0 Å². The van der Waals surface area contributed by atoms with Gasteiger partial charge in [-0.3, -0.25) is 0 Å². The van der Waals surface area contributed by atoms with Crippen LogP contribution in [-0.2, 0) is 11.3 Å². The van der Waals surface area contributed by atoms with Crippen molar-refractivity contribution in [2.24, 2.45) is 0 Å². The van der Waals surface area contributed by atoms with Gasteiger partial charge in [0.15, 0.2) is 0 Å². The lowest BCUT2D eigenvalue weighted by molar-refractivity contribution is 0.203. The van der Waals surface area contributed by atoms with Crippen LogP contribution in [0.2, 0.25) is 0 Å². The molecule has 120 valence electrons. The lowest BCUT2D eigenvalue weighted by Crippen LogP contribution is -2.37. The summed E-state index contributed by atoms with van der Waals surface area (Å²) >= 11 is 0. The molecule has 0 saturated carbocycles. The Hall–Kier alpha value is -1.13. The van der Waals surface area contributed by atoms with Crippen LogP contribution in [0.1, 0.15) is 44.0 Å². The van der Waals surface area contributed by atoms with Gasteiger partial charge in [-0.05, 0) is 45.4 Å². The van der Waals surface area contributed by atoms with Gasteiger partial charge in [0.25, 0.3) is 0 Å². The normalized spacial score (nSPS) is 12.5. The van der Waals surface area contributed by atoms with Crippen molar-refractivity contribution in [2.45, 2.75) is 53.6 Å². The number of anilines is 1. The van der Waals surface area contributed by atoms with Gasteiger partial charge in [-0.1, -0.05) is 13.8 Å². The maximum absolute atomic E-state index is 5.28. The van der Waals surface area contributed by atoms with Crippen LogP contribution >= 0.6 is 0 Å². The fourth-order valence-electron chi connectivity index (χ4n) is 2.49. The zero-order valence-electron chi connectivity index (χ0n) is 14.5. The lowest BCUT2D eigenvalue weighted by Gasteiger charge is -2.32. The molecule has 0 aliphatic rings. The van der Waals surface area contributed by atoms with E-state index in [0.717, 1.165) is 44.2 Å². The summed E-state index contributed by atoms with van der Waals surface area (Å²) in [5.74, 6) is 1.11. The van der Waals surface area contributed by atoms with E-state index >= 15 is 0 Å². The van der Waals surface area contributed by atoms with E-state index in [9.17, 15) is 0 Å². The van der Waals surface area contributed by atoms with Crippen molar-refractivity contribution in [2.75, 3.05) is 31.7 Å². The van der Waals surface area contributed by atoms with Crippen LogP contribution in [0, 0.1) is 13.8 Å². The molecule has 1 unspecified atom stereocenters. The van der Waals surface area contributed by atoms with Crippen molar-refractivity contribution in [3.8, 4) is 0 Å². The Balaban J connectivity index is 3.19. The summed E-state index contributed by atoms with van der Waals surface area (Å²) < 4.78 is 5.28. The molecule has 0 bridgehead atoms. The molecule has 1 aromatic heterocycles. The molecule has 21 heavy (non-hydrogen) atoms. The van der Waals surface area contributed by atoms with E-state index in [4.69, 9.17) is 9.72 Å². The van der Waals surface area contributed by atoms with Crippen LogP contribution in [0.5, 0.6) is 0 Å². The molecule has 0 spiro atoms. The highest BCUT2D eigenvalue weighted by Gasteiger charge is 2.19. The van der Waals surface area contributed by atoms with Crippen LogP contribution in [0.3, 0.4) is 0 Å². The van der Waals surface area contributed by atoms with E-state index < -0.39 is 0 Å². The van der Waals surface area contributed by atoms with E-state index in [1.165, 1.54) is 11.1 Å². The zero-order valence-corrected chi connectivity index (χ0v) is 14.5. The Morgan fingerprint density at radius 1 is 1.33 bits per heavy atom. The first-order chi connectivity index (χ1) is 10.0. The van der Waals surface area contributed by atoms with Crippen LogP contribution in [0.15, 0.2) is 6.07 Å². The number of pyridine rings is 1. The fraction of sp³-hybridized carbons (Fsp3) is 0.706. The maximum Gasteiger partial charge on any atom is 0.133 e. The summed E-state index contributed by atoms with van der Waals surface area (Å²) in [7, 11) is 1.75. The van der Waals surface area contributed by atoms with Crippen LogP contribution in [0.25, 0.3) is 0 Å². The quantitative estimate of drug-likeness (QED) is 0.759. The summed E-state index contributed by atoms with van der Waals surface area (Å²) in [5, 5.41) is 3.44. The minimum absolute atomic E-state index is 0.453. The molecule has 0 aliphatic heterocycles. The Kier molecular flexibility index (Phi) is 7.68. The number of hydrogen-bond acceptors (Lipinski definition) is 4. The third kappa shape index (κ3) is 4.97. The molecule has 0 radical (unpaired) electrons. The van der Waals surface area contributed by atoms with E-state index in [2.05, 4.69) is 50.9 Å². The molecule has 1 rings (SSSR count). The van der Waals surface area contributed by atoms with Crippen LogP contribution in [-0.4, -0.2) is 37.8 Å². The summed E-state index contributed by atoms with van der Waals surface area (Å²) in [4.78, 5) is 7.22. The number of nitrogens with one attached hydrogen (secondary N) is 1. The van der Waals surface area contributed by atoms with Crippen molar-refractivity contribution in [1.82, 2.24) is 10.3 Å². The SMILES string of the molecule is CCNCc1c(C)cc(C)nc1N(CCOC)C(C)CC. The van der Waals surface area contributed by atoms with Gasteiger partial charge in [0.05, 0.1) is 6.61 Å². The van der Waals surface area contributed by atoms with Gasteiger partial charge in [0, 0.05) is 37.5 Å². The smallest absolute Gasteiger partial charge is 0.133 e. The fourth-order valence-corrected chi connectivity index (χ4v) is 2.49. The zero-order chi connectivity index (χ0) is 15.8. The standard InChI is InChI=1S/C17H31N3O/c1-7-15(5)20(9-10-21-6)17-16(12-18-8-2)13(3)11-14(4)19-17/h11,15,18H,7-10,12H2,1-6H3. The lowest BCUT2D eigenvalue weighted by atomic mass is 10.1. The molecule has 0 aliphatic carbocycles. The first-order valence-electron chi connectivity index (χ1n) is 7.98. The van der Waals surface area contributed by atoms with Gasteiger partial charge in [0.2, 0.25) is 0 Å². The summed E-state index contributed by atoms with van der Waals surface area (Å²) in [6.45, 7) is 14.3. The maximum atomic E-state index is 5.28. The molecule has 0 aromatic carbocycles. The van der Waals surface area contributed by atoms with E-state index in [1.54, 1.807) is 7.11 Å². The number of nitrogens with zero attached hydrogens (tertiary/aromatic N) is 2. The molecule has 0 saturated heterocycles. The highest BCUT2D eigenvalue weighted by Crippen LogP contribution is 2.25. The summed E-state index contributed by atoms with van der Waals surface area (Å²) in [6, 6.07) is 2.62. The molecule has 1 heterocycles. The van der Waals surface area contributed by atoms with Crippen molar-refractivity contribution < 1.29 is 4.74 Å². The van der Waals surface area contributed by atoms with Crippen LogP contribution < -0.4 is 10.2 Å². The molecule has 1 N–H and O–H groups in total. The van der Waals surface area contributed by atoms with Gasteiger partial charge >= 0.3 is 0 Å². The topological polar surface area (TPSA) is 37.4 Å². The van der Waals surface area contributed by atoms with E-state index in [0.29, 0.717) is 6.04 Å². The highest BCUT2D eigenvalue weighted by molar-refractivity contribution is 5.52. The first kappa shape index (κ1) is 17.9. The third-order valence-electron chi connectivity index (χ3n) is 3.94. The number of rotatable bonds is 9. The Morgan fingerprint density at radius 2 is 2.05 bits per heavy atom. The van der Waals surface area contributed by atoms with Gasteiger partial charge in [-0.2, -0.15) is 0 Å². The monoisotopic (exact) mass is 293 g/mol. The van der Waals surface area contributed by atoms with Crippen molar-refractivity contribution in [1.29, 1.82) is 0 Å². The molecule has 1 aromatic rings. The third-order valence-corrected chi connectivity index (χ3v) is 3.94. The van der Waals surface area contributed by atoms with E-state index in [-0.39, 0.29) is 0 Å². The van der Waals surface area contributed by atoms with Crippen molar-refractivity contribution >= 4 is 5.82 Å². The van der Waals surface area contributed by atoms with Crippen LogP contribution in [0.4, 0.5) is 5.82 Å². The molecular weight excluding hydrogens is 262 g/mol. The largest absolute Gasteiger partial charge is 0.383 e. The number of aromatic nitrogens is 1. The minimum Gasteiger partial charge on any atom is -0.383 e. The average molecular weight is 293 g/mol. The number of hydrogen-bond donors (Lipinski definition) is 1. The molecule has 1 atom stereocenters. The highest BCUT2D eigenvalue weighted by atomic mass is 16.5. The molecular formula is C17H31N3O. The Labute approximate surface area is 129 Å². The van der Waals surface area contributed by atoms with Gasteiger partial charge in [-0.15, -0.1) is 0 Å². The second-order valence-corrected chi connectivity index (χ2v) is 5.61. The molecule has 0 amide bonds. The predicted octanol–water partition coefficient (Wildman–Crippen LogP) is 3.06. The number of methoxy groups -OCH3 is 1. The summed E-state index contributed by atoms with van der Waals surface area (Å²) in [6.07, 6.45) is 1.10. The second kappa shape index (κ2) is 9.00. The average Bonchev–Trinajstić information content (AvgIpc) is 2.46. The van der Waals surface area contributed by atoms with Gasteiger partial charge in [-0.25, -0.2) is 4.98 Å². The second-order valence-electron chi connectivity index (χ2n) is 5.61. The van der Waals surface area contributed by atoms with Gasteiger partial charge < -0.3 is 15.0 Å². The minimum atomic E-state index is 0.453. The predicted molar refractivity (Wildman–Crippen MR) is 90.1 cm³/mol.